The zero-order chi connectivity index (χ0) is 20.8. The number of rotatable bonds is 7. The number of allylic oxidation sites excluding steroid dienone is 3. The minimum Gasteiger partial charge on any atom is -0.399 e. The van der Waals surface area contributed by atoms with Gasteiger partial charge in [0.05, 0.1) is 5.70 Å². The third kappa shape index (κ3) is 5.14. The number of nitrogen functional groups attached to an aromatic ring is 1. The first-order chi connectivity index (χ1) is 14.0. The summed E-state index contributed by atoms with van der Waals surface area (Å²) >= 11 is 0. The van der Waals surface area contributed by atoms with Crippen molar-refractivity contribution in [1.82, 2.24) is 0 Å². The summed E-state index contributed by atoms with van der Waals surface area (Å²) in [4.78, 5) is 4.95. The van der Waals surface area contributed by atoms with Crippen LogP contribution in [0.4, 0.5) is 5.69 Å². The van der Waals surface area contributed by atoms with Crippen LogP contribution in [0.3, 0.4) is 0 Å². The van der Waals surface area contributed by atoms with Crippen LogP contribution < -0.4 is 5.73 Å². The van der Waals surface area contributed by atoms with Crippen molar-refractivity contribution in [3.63, 3.8) is 0 Å². The molecule has 150 valence electrons. The number of aliphatic imine (C=N–C) groups is 1. The molecule has 1 aliphatic rings. The summed E-state index contributed by atoms with van der Waals surface area (Å²) in [5.74, 6) is 0. The van der Waals surface area contributed by atoms with Gasteiger partial charge in [-0.05, 0) is 91.5 Å². The second-order valence-electron chi connectivity index (χ2n) is 7.80. The van der Waals surface area contributed by atoms with Crippen molar-refractivity contribution in [2.45, 2.75) is 52.9 Å². The Morgan fingerprint density at radius 1 is 0.966 bits per heavy atom. The zero-order valence-electron chi connectivity index (χ0n) is 18.0. The van der Waals surface area contributed by atoms with Crippen LogP contribution in [0.25, 0.3) is 0 Å². The number of benzene rings is 2. The lowest BCUT2D eigenvalue weighted by molar-refractivity contribution is 0.932. The molecule has 2 aromatic carbocycles. The third-order valence-electron chi connectivity index (χ3n) is 5.60. The van der Waals surface area contributed by atoms with Gasteiger partial charge in [-0.2, -0.15) is 0 Å². The average Bonchev–Trinajstić information content (AvgIpc) is 2.73. The fourth-order valence-electron chi connectivity index (χ4n) is 3.86. The van der Waals surface area contributed by atoms with Gasteiger partial charge in [-0.3, -0.25) is 4.99 Å². The van der Waals surface area contributed by atoms with Crippen LogP contribution in [-0.4, -0.2) is 5.71 Å². The molecule has 0 aromatic heterocycles. The van der Waals surface area contributed by atoms with Crippen LogP contribution in [0.5, 0.6) is 0 Å². The van der Waals surface area contributed by atoms with Crippen molar-refractivity contribution >= 4 is 11.4 Å². The molecule has 0 saturated carbocycles. The maximum atomic E-state index is 6.11. The van der Waals surface area contributed by atoms with Crippen molar-refractivity contribution in [3.8, 4) is 0 Å². The van der Waals surface area contributed by atoms with Crippen molar-refractivity contribution in [2.75, 3.05) is 5.73 Å². The van der Waals surface area contributed by atoms with Crippen molar-refractivity contribution in [3.05, 3.63) is 100 Å². The summed E-state index contributed by atoms with van der Waals surface area (Å²) in [5.41, 5.74) is 16.6. The molecule has 2 N–H and O–H groups in total. The third-order valence-corrected chi connectivity index (χ3v) is 5.60. The van der Waals surface area contributed by atoms with E-state index in [0.29, 0.717) is 0 Å². The fraction of sp³-hybridized carbons (Fsp3) is 0.296. The Balaban J connectivity index is 1.81. The monoisotopic (exact) mass is 384 g/mol. The molecule has 0 radical (unpaired) electrons. The highest BCUT2D eigenvalue weighted by atomic mass is 14.8. The van der Waals surface area contributed by atoms with Gasteiger partial charge >= 0.3 is 0 Å². The van der Waals surface area contributed by atoms with E-state index < -0.39 is 0 Å². The van der Waals surface area contributed by atoms with E-state index in [-0.39, 0.29) is 0 Å². The molecule has 0 fully saturated rings. The lowest BCUT2D eigenvalue weighted by Gasteiger charge is -2.15. The van der Waals surface area contributed by atoms with Gasteiger partial charge in [0.2, 0.25) is 0 Å². The highest BCUT2D eigenvalue weighted by Crippen LogP contribution is 2.26. The summed E-state index contributed by atoms with van der Waals surface area (Å²) in [5, 5.41) is 0. The number of nitrogens with two attached hydrogens (primary N) is 1. The number of nitrogens with zero attached hydrogens (tertiary/aromatic N) is 1. The largest absolute Gasteiger partial charge is 0.399 e. The lowest BCUT2D eigenvalue weighted by Crippen LogP contribution is -2.04. The normalized spacial score (nSPS) is 14.4. The van der Waals surface area contributed by atoms with Crippen molar-refractivity contribution in [1.29, 1.82) is 0 Å². The van der Waals surface area contributed by atoms with E-state index in [9.17, 15) is 0 Å². The van der Waals surface area contributed by atoms with Crippen molar-refractivity contribution in [2.24, 2.45) is 4.99 Å². The molecule has 0 spiro atoms. The molecule has 3 rings (SSSR count). The van der Waals surface area contributed by atoms with Gasteiger partial charge in [-0.1, -0.05) is 56.0 Å². The van der Waals surface area contributed by atoms with E-state index >= 15 is 0 Å². The number of para-hydroxylation sites is 1. The first kappa shape index (κ1) is 20.9. The molecule has 0 heterocycles. The van der Waals surface area contributed by atoms with Crippen molar-refractivity contribution < 1.29 is 0 Å². The van der Waals surface area contributed by atoms with Gasteiger partial charge in [0.1, 0.15) is 0 Å². The molecule has 1 aliphatic carbocycles. The van der Waals surface area contributed by atoms with Crippen LogP contribution in [-0.2, 0) is 19.3 Å². The fourth-order valence-corrected chi connectivity index (χ4v) is 3.86. The quantitative estimate of drug-likeness (QED) is 0.423. The van der Waals surface area contributed by atoms with Crippen LogP contribution in [0.2, 0.25) is 0 Å². The average molecular weight is 385 g/mol. The van der Waals surface area contributed by atoms with Gasteiger partial charge in [0, 0.05) is 11.4 Å². The summed E-state index contributed by atoms with van der Waals surface area (Å²) < 4.78 is 0. The Bertz CT molecular complexity index is 989. The Morgan fingerprint density at radius 2 is 1.69 bits per heavy atom. The SMILES string of the molecule is C=C(C)C1=CCCC=C1/N=C(\C)c1ccc(CCc2ccccc2N)c(CC)c1. The Kier molecular flexibility index (Phi) is 6.87. The second-order valence-corrected chi connectivity index (χ2v) is 7.80. The van der Waals surface area contributed by atoms with E-state index in [4.69, 9.17) is 10.7 Å². The van der Waals surface area contributed by atoms with E-state index in [1.807, 2.05) is 12.1 Å². The van der Waals surface area contributed by atoms with Gasteiger partial charge in [-0.15, -0.1) is 0 Å². The van der Waals surface area contributed by atoms with E-state index in [1.165, 1.54) is 27.8 Å². The van der Waals surface area contributed by atoms with Crippen LogP contribution >= 0.6 is 0 Å². The molecule has 0 aliphatic heterocycles. The second kappa shape index (κ2) is 9.56. The maximum Gasteiger partial charge on any atom is 0.0664 e. The molecular weight excluding hydrogens is 352 g/mol. The predicted octanol–water partition coefficient (Wildman–Crippen LogP) is 6.61. The molecule has 0 bridgehead atoms. The summed E-state index contributed by atoms with van der Waals surface area (Å²) in [6.45, 7) is 10.5. The van der Waals surface area contributed by atoms with Crippen LogP contribution in [0.1, 0.15) is 55.9 Å². The van der Waals surface area contributed by atoms with Crippen LogP contribution in [0, 0.1) is 0 Å². The standard InChI is InChI=1S/C27H32N2/c1-5-21-18-24(20(4)29-27-13-9-7-11-25(27)19(2)3)17-15-22(21)14-16-23-10-6-8-12-26(23)28/h6,8,10-13,15,17-18H,2,5,7,9,14,16,28H2,1,3-4H3/b29-20+. The molecule has 0 atom stereocenters. The molecule has 0 unspecified atom stereocenters. The first-order valence-electron chi connectivity index (χ1n) is 10.6. The minimum absolute atomic E-state index is 0.882. The van der Waals surface area contributed by atoms with E-state index in [2.05, 4.69) is 69.8 Å². The van der Waals surface area contributed by atoms with E-state index in [1.54, 1.807) is 0 Å². The van der Waals surface area contributed by atoms with Crippen LogP contribution in [0.15, 0.2) is 83.0 Å². The molecular formula is C27H32N2. The Labute approximate surface area is 175 Å². The summed E-state index contributed by atoms with van der Waals surface area (Å²) in [6, 6.07) is 14.9. The maximum absolute atomic E-state index is 6.11. The summed E-state index contributed by atoms with van der Waals surface area (Å²) in [7, 11) is 0. The molecule has 2 nitrogen and oxygen atoms in total. The highest BCUT2D eigenvalue weighted by Gasteiger charge is 2.11. The van der Waals surface area contributed by atoms with E-state index in [0.717, 1.165) is 54.8 Å². The first-order valence-corrected chi connectivity index (χ1v) is 10.6. The number of hydrogen-bond acceptors (Lipinski definition) is 2. The van der Waals surface area contributed by atoms with Gasteiger partial charge < -0.3 is 5.73 Å². The smallest absolute Gasteiger partial charge is 0.0664 e. The predicted molar refractivity (Wildman–Crippen MR) is 127 cm³/mol. The Hall–Kier alpha value is -2.87. The molecule has 29 heavy (non-hydrogen) atoms. The van der Waals surface area contributed by atoms with Gasteiger partial charge in [-0.25, -0.2) is 0 Å². The number of aryl methyl sites for hydroxylation is 3. The van der Waals surface area contributed by atoms with Gasteiger partial charge in [0.15, 0.2) is 0 Å². The topological polar surface area (TPSA) is 38.4 Å². The Morgan fingerprint density at radius 3 is 2.41 bits per heavy atom. The molecule has 0 saturated heterocycles. The lowest BCUT2D eigenvalue weighted by atomic mass is 9.94. The minimum atomic E-state index is 0.882. The molecule has 2 heteroatoms. The zero-order valence-corrected chi connectivity index (χ0v) is 18.0. The molecule has 0 amide bonds. The number of hydrogen-bond donors (Lipinski definition) is 1. The highest BCUT2D eigenvalue weighted by molar-refractivity contribution is 5.99. The summed E-state index contributed by atoms with van der Waals surface area (Å²) in [6.07, 6.45) is 9.58. The molecule has 2 aromatic rings. The number of anilines is 1. The van der Waals surface area contributed by atoms with Gasteiger partial charge in [0.25, 0.3) is 0 Å².